The highest BCUT2D eigenvalue weighted by Crippen LogP contribution is 3.06. The molecule has 0 fully saturated rings. The second-order valence-corrected chi connectivity index (χ2v) is 10.1. The summed E-state index contributed by atoms with van der Waals surface area (Å²) >= 11 is 0. The smallest absolute Gasteiger partial charge is 0.448 e. The molecule has 0 atom stereocenters. The second kappa shape index (κ2) is 9.35. The van der Waals surface area contributed by atoms with Gasteiger partial charge in [-0.15, -0.1) is 0 Å². The molecule has 192 valence electrons. The summed E-state index contributed by atoms with van der Waals surface area (Å²) in [5.41, 5.74) is -1.42. The van der Waals surface area contributed by atoms with Crippen molar-refractivity contribution in [1.29, 1.82) is 0 Å². The van der Waals surface area contributed by atoms with E-state index in [4.69, 9.17) is 4.74 Å². The van der Waals surface area contributed by atoms with E-state index < -0.39 is 27.0 Å². The van der Waals surface area contributed by atoms with Gasteiger partial charge < -0.3 is 4.74 Å². The van der Waals surface area contributed by atoms with Crippen molar-refractivity contribution in [2.45, 2.75) is 50.2 Å². The Hall–Kier alpha value is -2.37. The van der Waals surface area contributed by atoms with Crippen molar-refractivity contribution >= 4 is 22.1 Å². The lowest BCUT2D eigenvalue weighted by atomic mass is 10.1. The van der Waals surface area contributed by atoms with Gasteiger partial charge in [-0.3, -0.25) is 4.99 Å². The maximum absolute atomic E-state index is 13.7. The minimum Gasteiger partial charge on any atom is -0.494 e. The van der Waals surface area contributed by atoms with Crippen LogP contribution in [-0.4, -0.2) is 18.1 Å². The van der Waals surface area contributed by atoms with Crippen LogP contribution in [0.3, 0.4) is 0 Å². The molecule has 2 aromatic rings. The minimum atomic E-state index is -11.8. The number of hydrogen-bond donors (Lipinski definition) is 0. The van der Waals surface area contributed by atoms with E-state index in [0.29, 0.717) is 17.9 Å². The molecule has 0 spiro atoms. The van der Waals surface area contributed by atoms with Crippen molar-refractivity contribution in [3.63, 3.8) is 0 Å². The molecule has 2 rings (SSSR count). The van der Waals surface area contributed by atoms with Crippen molar-refractivity contribution in [3.8, 4) is 5.75 Å². The van der Waals surface area contributed by atoms with Crippen LogP contribution < -0.4 is 4.74 Å². The zero-order valence-corrected chi connectivity index (χ0v) is 18.9. The van der Waals surface area contributed by atoms with Gasteiger partial charge in [0.1, 0.15) is 5.75 Å². The number of halogens is 9. The van der Waals surface area contributed by atoms with Crippen LogP contribution in [-0.2, 0) is 5.92 Å². The first-order valence-electron chi connectivity index (χ1n) is 10.3. The fourth-order valence-electron chi connectivity index (χ4n) is 2.86. The fraction of sp³-hybridized carbons (Fsp3) is 0.409. The molecule has 0 aromatic heterocycles. The average Bonchev–Trinajstić information content (AvgIpc) is 2.74. The van der Waals surface area contributed by atoms with Crippen molar-refractivity contribution in [3.05, 3.63) is 59.7 Å². The van der Waals surface area contributed by atoms with Crippen LogP contribution in [0.5, 0.6) is 5.75 Å². The molecule has 2 aromatic carbocycles. The molecule has 0 N–H and O–H groups in total. The molecule has 0 heterocycles. The molecule has 12 heteroatoms. The molecule has 0 saturated heterocycles. The van der Waals surface area contributed by atoms with E-state index in [-0.39, 0.29) is 17.8 Å². The first kappa shape index (κ1) is 27.9. The molecule has 0 unspecified atom stereocenters. The summed E-state index contributed by atoms with van der Waals surface area (Å²) in [6.07, 6.45) is 6.76. The van der Waals surface area contributed by atoms with Gasteiger partial charge in [0.05, 0.1) is 12.3 Å². The number of unbranched alkanes of at least 4 members (excludes halogenated alkanes) is 4. The predicted molar refractivity (Wildman–Crippen MR) is 116 cm³/mol. The van der Waals surface area contributed by atoms with Gasteiger partial charge in [0.15, 0.2) is 0 Å². The third kappa shape index (κ3) is 6.61. The van der Waals surface area contributed by atoms with E-state index in [2.05, 4.69) is 11.9 Å². The number of aliphatic imine (C=N–C) groups is 1. The van der Waals surface area contributed by atoms with Crippen LogP contribution in [0.25, 0.3) is 0 Å². The van der Waals surface area contributed by atoms with Crippen LogP contribution in [0, 0.1) is 0 Å². The number of hydrogen-bond acceptors (Lipinski definition) is 2. The van der Waals surface area contributed by atoms with Crippen molar-refractivity contribution < 1.29 is 41.7 Å². The van der Waals surface area contributed by atoms with Gasteiger partial charge >= 0.3 is 21.4 Å². The monoisotopic (exact) mass is 521 g/mol. The molecule has 0 bridgehead atoms. The highest BCUT2D eigenvalue weighted by Gasteiger charge is 2.91. The third-order valence-corrected chi connectivity index (χ3v) is 6.06. The largest absolute Gasteiger partial charge is 0.494 e. The summed E-state index contributed by atoms with van der Waals surface area (Å²) in [5.74, 6) is -5.55. The Kier molecular flexibility index (Phi) is 7.66. The van der Waals surface area contributed by atoms with Crippen LogP contribution >= 0.6 is 10.2 Å². The van der Waals surface area contributed by atoms with Gasteiger partial charge in [0, 0.05) is 11.8 Å². The molecule has 0 aliphatic rings. The molecule has 0 saturated carbocycles. The van der Waals surface area contributed by atoms with E-state index in [1.54, 1.807) is 24.3 Å². The van der Waals surface area contributed by atoms with E-state index in [1.165, 1.54) is 12.6 Å². The molecular weight excluding hydrogens is 497 g/mol. The average molecular weight is 521 g/mol. The first-order valence-corrected chi connectivity index (χ1v) is 12.3. The van der Waals surface area contributed by atoms with E-state index in [1.807, 2.05) is 0 Å². The van der Waals surface area contributed by atoms with Gasteiger partial charge in [-0.2, -0.15) is 17.6 Å². The highest BCUT2D eigenvalue weighted by molar-refractivity contribution is 8.46. The van der Waals surface area contributed by atoms with Gasteiger partial charge in [-0.1, -0.05) is 64.2 Å². The molecule has 2 nitrogen and oxygen atoms in total. The molecule has 34 heavy (non-hydrogen) atoms. The molecule has 0 amide bonds. The van der Waals surface area contributed by atoms with Crippen molar-refractivity contribution in [2.75, 3.05) is 6.61 Å². The SMILES string of the molecule is CCCCCCCOc1ccc(C=Nc2ccc(C(F)(F)C(F)(F)S(F)(F)(F)(F)F)cc2)cc1. The lowest BCUT2D eigenvalue weighted by Crippen LogP contribution is -2.46. The predicted octanol–water partition coefficient (Wildman–Crippen LogP) is 9.77. The Morgan fingerprint density at radius 2 is 1.35 bits per heavy atom. The highest BCUT2D eigenvalue weighted by atomic mass is 32.5. The normalized spacial score (nSPS) is 15.2. The van der Waals surface area contributed by atoms with Crippen LogP contribution in [0.1, 0.15) is 50.2 Å². The molecule has 0 aliphatic heterocycles. The zero-order valence-electron chi connectivity index (χ0n) is 18.1. The summed E-state index contributed by atoms with van der Waals surface area (Å²) in [5, 5.41) is -7.53. The van der Waals surface area contributed by atoms with Gasteiger partial charge in [0.25, 0.3) is 0 Å². The van der Waals surface area contributed by atoms with Gasteiger partial charge in [0.2, 0.25) is 0 Å². The van der Waals surface area contributed by atoms with Crippen LogP contribution in [0.15, 0.2) is 53.5 Å². The maximum atomic E-state index is 13.7. The third-order valence-electron chi connectivity index (χ3n) is 4.84. The lowest BCUT2D eigenvalue weighted by molar-refractivity contribution is -0.181. The summed E-state index contributed by atoms with van der Waals surface area (Å²) in [7, 11) is -11.8. The number of benzene rings is 2. The Bertz CT molecular complexity index is 973. The van der Waals surface area contributed by atoms with E-state index in [9.17, 15) is 37.0 Å². The van der Waals surface area contributed by atoms with E-state index in [0.717, 1.165) is 37.8 Å². The molecule has 0 aliphatic carbocycles. The standard InChI is InChI=1S/C22H24F9NOS/c1-2-3-4-5-6-15-33-20-13-7-17(8-14-20)16-32-19-11-9-18(10-12-19)21(23,24)22(25,26)34(27,28,29,30)31/h7-14,16H,2-6,15H2,1H3. The summed E-state index contributed by atoms with van der Waals surface area (Å²) < 4.78 is 122. The van der Waals surface area contributed by atoms with Gasteiger partial charge in [-0.05, 0) is 48.4 Å². The van der Waals surface area contributed by atoms with Crippen molar-refractivity contribution in [1.82, 2.24) is 0 Å². The fourth-order valence-corrected chi connectivity index (χ4v) is 3.46. The first-order chi connectivity index (χ1) is 15.5. The number of alkyl halides is 4. The quantitative estimate of drug-likeness (QED) is 0.155. The Morgan fingerprint density at radius 3 is 1.88 bits per heavy atom. The lowest BCUT2D eigenvalue weighted by Gasteiger charge is -2.48. The number of ether oxygens (including phenoxy) is 1. The van der Waals surface area contributed by atoms with E-state index >= 15 is 0 Å². The Balaban J connectivity index is 2.03. The zero-order chi connectivity index (χ0) is 25.7. The van der Waals surface area contributed by atoms with Crippen LogP contribution in [0.4, 0.5) is 42.7 Å². The summed E-state index contributed by atoms with van der Waals surface area (Å²) in [6.45, 7) is 2.69. The maximum Gasteiger partial charge on any atom is 0.448 e. The Labute approximate surface area is 191 Å². The minimum absolute atomic E-state index is 0.0670. The van der Waals surface area contributed by atoms with Gasteiger partial charge in [-0.25, -0.2) is 0 Å². The molecular formula is C22H24F9NOS. The number of rotatable bonds is 12. The summed E-state index contributed by atoms with van der Waals surface area (Å²) in [6, 6.07) is 8.48. The molecule has 0 radical (unpaired) electrons. The van der Waals surface area contributed by atoms with Crippen molar-refractivity contribution in [2.24, 2.45) is 4.99 Å². The topological polar surface area (TPSA) is 21.6 Å². The Morgan fingerprint density at radius 1 is 0.794 bits per heavy atom. The van der Waals surface area contributed by atoms with Crippen LogP contribution in [0.2, 0.25) is 0 Å². The summed E-state index contributed by atoms with van der Waals surface area (Å²) in [4.78, 5) is 3.91. The second-order valence-electron chi connectivity index (χ2n) is 7.70. The number of nitrogens with zero attached hydrogens (tertiary/aromatic N) is 1.